The Balaban J connectivity index is 1.84. The van der Waals surface area contributed by atoms with Gasteiger partial charge in [-0.15, -0.1) is 0 Å². The first-order valence-electron chi connectivity index (χ1n) is 8.50. The van der Waals surface area contributed by atoms with E-state index < -0.39 is 0 Å². The van der Waals surface area contributed by atoms with E-state index in [-0.39, 0.29) is 5.91 Å². The van der Waals surface area contributed by atoms with E-state index in [4.69, 9.17) is 4.52 Å². The molecule has 1 amide bonds. The summed E-state index contributed by atoms with van der Waals surface area (Å²) in [5.41, 5.74) is 8.50. The van der Waals surface area contributed by atoms with E-state index in [2.05, 4.69) is 28.5 Å². The van der Waals surface area contributed by atoms with Crippen molar-refractivity contribution in [1.82, 2.24) is 14.7 Å². The van der Waals surface area contributed by atoms with E-state index in [0.717, 1.165) is 42.4 Å². The van der Waals surface area contributed by atoms with Crippen molar-refractivity contribution in [2.24, 2.45) is 0 Å². The van der Waals surface area contributed by atoms with Crippen LogP contribution in [0.2, 0.25) is 0 Å². The van der Waals surface area contributed by atoms with Gasteiger partial charge in [0.25, 0.3) is 0 Å². The second-order valence-electron chi connectivity index (χ2n) is 6.77. The van der Waals surface area contributed by atoms with Crippen molar-refractivity contribution in [3.63, 3.8) is 0 Å². The number of carbonyl (C=O) groups excluding carboxylic acids is 1. The molecule has 130 valence electrons. The number of amides is 1. The van der Waals surface area contributed by atoms with E-state index >= 15 is 0 Å². The molecule has 0 spiro atoms. The number of nitrogens with one attached hydrogen (secondary N) is 1. The van der Waals surface area contributed by atoms with Gasteiger partial charge in [-0.2, -0.15) is 0 Å². The van der Waals surface area contributed by atoms with Crippen molar-refractivity contribution in [3.05, 3.63) is 40.0 Å². The van der Waals surface area contributed by atoms with Crippen molar-refractivity contribution < 1.29 is 9.32 Å². The predicted octanol–water partition coefficient (Wildman–Crippen LogP) is 3.14. The predicted molar refractivity (Wildman–Crippen MR) is 92.3 cm³/mol. The SMILES string of the molecule is CC(=O)Nn1c(C)cc(CN2CCCC2c2c(C)noc2C)c1C. The van der Waals surface area contributed by atoms with E-state index in [1.807, 2.05) is 25.4 Å². The number of hydrogen-bond donors (Lipinski definition) is 1. The smallest absolute Gasteiger partial charge is 0.235 e. The van der Waals surface area contributed by atoms with Crippen molar-refractivity contribution in [3.8, 4) is 0 Å². The fourth-order valence-electron chi connectivity index (χ4n) is 3.85. The van der Waals surface area contributed by atoms with Crippen LogP contribution in [-0.4, -0.2) is 27.2 Å². The number of carbonyl (C=O) groups is 1. The number of likely N-dealkylation sites (tertiary alicyclic amines) is 1. The Bertz CT molecular complexity index is 740. The van der Waals surface area contributed by atoms with Gasteiger partial charge in [0.2, 0.25) is 5.91 Å². The number of rotatable bonds is 4. The van der Waals surface area contributed by atoms with Crippen LogP contribution in [-0.2, 0) is 11.3 Å². The Morgan fingerprint density at radius 1 is 1.38 bits per heavy atom. The number of nitrogens with zero attached hydrogens (tertiary/aromatic N) is 3. The van der Waals surface area contributed by atoms with Gasteiger partial charge in [-0.3, -0.25) is 19.8 Å². The molecule has 0 aliphatic carbocycles. The summed E-state index contributed by atoms with van der Waals surface area (Å²) in [4.78, 5) is 13.9. The minimum absolute atomic E-state index is 0.0573. The first-order chi connectivity index (χ1) is 11.4. The van der Waals surface area contributed by atoms with E-state index in [1.165, 1.54) is 24.5 Å². The highest BCUT2D eigenvalue weighted by molar-refractivity contribution is 5.81. The van der Waals surface area contributed by atoms with Crippen LogP contribution in [0.3, 0.4) is 0 Å². The Hall–Kier alpha value is -2.08. The van der Waals surface area contributed by atoms with Crippen LogP contribution in [0.5, 0.6) is 0 Å². The topological polar surface area (TPSA) is 63.3 Å². The largest absolute Gasteiger partial charge is 0.361 e. The minimum Gasteiger partial charge on any atom is -0.361 e. The molecule has 1 aliphatic heterocycles. The summed E-state index contributed by atoms with van der Waals surface area (Å²) >= 11 is 0. The molecule has 3 heterocycles. The molecule has 1 atom stereocenters. The lowest BCUT2D eigenvalue weighted by atomic mass is 10.0. The molecule has 3 rings (SSSR count). The monoisotopic (exact) mass is 330 g/mol. The van der Waals surface area contributed by atoms with Gasteiger partial charge in [-0.1, -0.05) is 5.16 Å². The number of aromatic nitrogens is 2. The highest BCUT2D eigenvalue weighted by Gasteiger charge is 2.31. The molecule has 0 saturated carbocycles. The fraction of sp³-hybridized carbons (Fsp3) is 0.556. The molecule has 1 aliphatic rings. The molecule has 0 bridgehead atoms. The molecule has 1 unspecified atom stereocenters. The molecule has 1 N–H and O–H groups in total. The van der Waals surface area contributed by atoms with E-state index in [9.17, 15) is 4.79 Å². The van der Waals surface area contributed by atoms with Crippen LogP contribution >= 0.6 is 0 Å². The second-order valence-corrected chi connectivity index (χ2v) is 6.77. The molecule has 0 radical (unpaired) electrons. The van der Waals surface area contributed by atoms with E-state index in [1.54, 1.807) is 0 Å². The Labute approximate surface area is 142 Å². The Kier molecular flexibility index (Phi) is 4.49. The molecular weight excluding hydrogens is 304 g/mol. The van der Waals surface area contributed by atoms with Crippen molar-refractivity contribution in [2.75, 3.05) is 12.0 Å². The highest BCUT2D eigenvalue weighted by Crippen LogP contribution is 2.36. The third-order valence-corrected chi connectivity index (χ3v) is 4.96. The molecule has 2 aromatic heterocycles. The molecule has 2 aromatic rings. The summed E-state index contributed by atoms with van der Waals surface area (Å²) in [5.74, 6) is 0.867. The molecule has 6 nitrogen and oxygen atoms in total. The third-order valence-electron chi connectivity index (χ3n) is 4.96. The van der Waals surface area contributed by atoms with Gasteiger partial charge in [0.15, 0.2) is 0 Å². The van der Waals surface area contributed by atoms with Gasteiger partial charge in [0, 0.05) is 36.5 Å². The van der Waals surface area contributed by atoms with Crippen LogP contribution in [0.15, 0.2) is 10.6 Å². The zero-order chi connectivity index (χ0) is 17.4. The highest BCUT2D eigenvalue weighted by atomic mass is 16.5. The molecule has 6 heteroatoms. The number of hydrogen-bond acceptors (Lipinski definition) is 4. The minimum atomic E-state index is -0.0573. The van der Waals surface area contributed by atoms with Gasteiger partial charge in [0.1, 0.15) is 5.76 Å². The standard InChI is InChI=1S/C18H26N4O2/c1-11-9-16(13(3)22(11)19-15(5)23)10-21-8-6-7-17(21)18-12(2)20-24-14(18)4/h9,17H,6-8,10H2,1-5H3,(H,19,23). The normalized spacial score (nSPS) is 18.3. The lowest BCUT2D eigenvalue weighted by Gasteiger charge is -2.24. The van der Waals surface area contributed by atoms with Gasteiger partial charge in [-0.25, -0.2) is 0 Å². The van der Waals surface area contributed by atoms with Crippen LogP contribution < -0.4 is 5.43 Å². The van der Waals surface area contributed by atoms with Crippen LogP contribution in [0.1, 0.15) is 59.8 Å². The van der Waals surface area contributed by atoms with Crippen LogP contribution in [0.25, 0.3) is 0 Å². The first-order valence-corrected chi connectivity index (χ1v) is 8.50. The maximum absolute atomic E-state index is 11.4. The van der Waals surface area contributed by atoms with Crippen molar-refractivity contribution >= 4 is 5.91 Å². The zero-order valence-electron chi connectivity index (χ0n) is 15.1. The molecular formula is C18H26N4O2. The average molecular weight is 330 g/mol. The molecule has 24 heavy (non-hydrogen) atoms. The van der Waals surface area contributed by atoms with E-state index in [0.29, 0.717) is 6.04 Å². The van der Waals surface area contributed by atoms with Gasteiger partial charge in [-0.05, 0) is 58.7 Å². The quantitative estimate of drug-likeness (QED) is 0.935. The summed E-state index contributed by atoms with van der Waals surface area (Å²) in [6.45, 7) is 11.6. The van der Waals surface area contributed by atoms with Crippen molar-refractivity contribution in [1.29, 1.82) is 0 Å². The summed E-state index contributed by atoms with van der Waals surface area (Å²) in [6, 6.07) is 2.52. The van der Waals surface area contributed by atoms with Crippen molar-refractivity contribution in [2.45, 2.75) is 60.0 Å². The summed E-state index contributed by atoms with van der Waals surface area (Å²) in [6.07, 6.45) is 2.31. The zero-order valence-corrected chi connectivity index (χ0v) is 15.1. The van der Waals surface area contributed by atoms with Crippen LogP contribution in [0.4, 0.5) is 0 Å². The molecule has 0 aromatic carbocycles. The maximum Gasteiger partial charge on any atom is 0.235 e. The summed E-state index contributed by atoms with van der Waals surface area (Å²) < 4.78 is 7.24. The van der Waals surface area contributed by atoms with Gasteiger partial charge in [0.05, 0.1) is 5.69 Å². The fourth-order valence-corrected chi connectivity index (χ4v) is 3.85. The maximum atomic E-state index is 11.4. The van der Waals surface area contributed by atoms with Gasteiger partial charge < -0.3 is 4.52 Å². The van der Waals surface area contributed by atoms with Gasteiger partial charge >= 0.3 is 0 Å². The second kappa shape index (κ2) is 6.43. The lowest BCUT2D eigenvalue weighted by Crippen LogP contribution is -2.25. The number of aryl methyl sites for hydroxylation is 3. The summed E-state index contributed by atoms with van der Waals surface area (Å²) in [5, 5.41) is 4.12. The molecule has 1 fully saturated rings. The Morgan fingerprint density at radius 3 is 2.75 bits per heavy atom. The summed E-state index contributed by atoms with van der Waals surface area (Å²) in [7, 11) is 0. The average Bonchev–Trinajstić information content (AvgIpc) is 3.15. The Morgan fingerprint density at radius 2 is 2.12 bits per heavy atom. The first kappa shape index (κ1) is 16.8. The lowest BCUT2D eigenvalue weighted by molar-refractivity contribution is -0.115. The third kappa shape index (κ3) is 2.98. The van der Waals surface area contributed by atoms with Crippen LogP contribution in [0, 0.1) is 27.7 Å². The molecule has 1 saturated heterocycles.